The third kappa shape index (κ3) is 3.83. The van der Waals surface area contributed by atoms with E-state index in [0.29, 0.717) is 25.1 Å². The topological polar surface area (TPSA) is 29.8 Å². The number of carbonyl (C=O) groups excluding carboxylic acids is 1. The fraction of sp³-hybridized carbons (Fsp3) is 0.500. The van der Waals surface area contributed by atoms with Crippen molar-refractivity contribution in [3.63, 3.8) is 0 Å². The molecule has 1 saturated heterocycles. The van der Waals surface area contributed by atoms with Crippen LogP contribution < -0.4 is 0 Å². The molecule has 4 heteroatoms. The summed E-state index contributed by atoms with van der Waals surface area (Å²) in [6.07, 6.45) is -0.226. The molecular formula is C14H19O3S+. The third-order valence-electron chi connectivity index (χ3n) is 2.62. The van der Waals surface area contributed by atoms with Gasteiger partial charge in [0.1, 0.15) is 0 Å². The van der Waals surface area contributed by atoms with E-state index in [2.05, 4.69) is 0 Å². The predicted octanol–water partition coefficient (Wildman–Crippen LogP) is 2.94. The third-order valence-corrected chi connectivity index (χ3v) is 3.67. The van der Waals surface area contributed by atoms with Crippen LogP contribution in [0.3, 0.4) is 0 Å². The van der Waals surface area contributed by atoms with Gasteiger partial charge in [0.2, 0.25) is 0 Å². The summed E-state index contributed by atoms with van der Waals surface area (Å²) in [4.78, 5) is 0. The summed E-state index contributed by atoms with van der Waals surface area (Å²) in [7, 11) is 0. The molecule has 1 aromatic carbocycles. The molecule has 0 N–H and O–H groups in total. The van der Waals surface area contributed by atoms with Crippen molar-refractivity contribution in [2.75, 3.05) is 19.8 Å². The first-order valence-corrected chi connectivity index (χ1v) is 7.08. The molecule has 0 atom stereocenters. The number of benzene rings is 1. The zero-order valence-corrected chi connectivity index (χ0v) is 11.6. The van der Waals surface area contributed by atoms with E-state index in [0.717, 1.165) is 10.7 Å². The lowest BCUT2D eigenvalue weighted by atomic mass is 10.2. The molecular weight excluding hydrogens is 248 g/mol. The van der Waals surface area contributed by atoms with E-state index < -0.39 is 0 Å². The van der Waals surface area contributed by atoms with Crippen LogP contribution in [0, 0.1) is 0 Å². The normalized spacial score (nSPS) is 25.1. The Labute approximate surface area is 112 Å². The fourth-order valence-corrected chi connectivity index (χ4v) is 2.78. The van der Waals surface area contributed by atoms with Crippen LogP contribution in [-0.4, -0.2) is 30.2 Å². The molecule has 0 unspecified atom stereocenters. The first-order valence-electron chi connectivity index (χ1n) is 6.20. The lowest BCUT2D eigenvalue weighted by Crippen LogP contribution is -2.30. The molecule has 0 spiro atoms. The van der Waals surface area contributed by atoms with Crippen molar-refractivity contribution in [1.29, 1.82) is 0 Å². The summed E-state index contributed by atoms with van der Waals surface area (Å²) in [5.74, 6) is 0. The van der Waals surface area contributed by atoms with E-state index in [1.165, 1.54) is 0 Å². The number of hydrogen-bond donors (Lipinski definition) is 0. The minimum Gasteiger partial charge on any atom is -0.347 e. The molecule has 1 heterocycles. The first kappa shape index (κ1) is 13.6. The summed E-state index contributed by atoms with van der Waals surface area (Å²) in [5, 5.41) is 1.30. The summed E-state index contributed by atoms with van der Waals surface area (Å²) in [6.45, 7) is 6.06. The van der Waals surface area contributed by atoms with Crippen molar-refractivity contribution in [3.05, 3.63) is 35.9 Å². The molecule has 0 amide bonds. The Balaban J connectivity index is 1.83. The molecule has 0 radical (unpaired) electrons. The Morgan fingerprint density at radius 1 is 1.28 bits per heavy atom. The SMILES string of the molecule is CC[O+]=C(C)SC1COC(c2ccccc2)OC1. The summed E-state index contributed by atoms with van der Waals surface area (Å²) < 4.78 is 16.9. The molecule has 0 saturated carbocycles. The van der Waals surface area contributed by atoms with Crippen molar-refractivity contribution < 1.29 is 13.9 Å². The van der Waals surface area contributed by atoms with E-state index in [-0.39, 0.29) is 6.29 Å². The van der Waals surface area contributed by atoms with Gasteiger partial charge in [0.25, 0.3) is 6.61 Å². The molecule has 1 fully saturated rings. The van der Waals surface area contributed by atoms with Gasteiger partial charge < -0.3 is 9.47 Å². The van der Waals surface area contributed by atoms with Gasteiger partial charge in [-0.05, 0) is 11.8 Å². The van der Waals surface area contributed by atoms with Crippen LogP contribution >= 0.6 is 11.8 Å². The Morgan fingerprint density at radius 3 is 2.56 bits per heavy atom. The number of rotatable bonds is 3. The summed E-state index contributed by atoms with van der Waals surface area (Å²) in [6, 6.07) is 10.0. The van der Waals surface area contributed by atoms with Crippen LogP contribution in [0.15, 0.2) is 30.3 Å². The molecule has 98 valence electrons. The van der Waals surface area contributed by atoms with Crippen LogP contribution in [0.2, 0.25) is 0 Å². The second-order valence-corrected chi connectivity index (χ2v) is 5.55. The van der Waals surface area contributed by atoms with Gasteiger partial charge in [-0.3, -0.25) is 4.42 Å². The zero-order chi connectivity index (χ0) is 12.8. The highest BCUT2D eigenvalue weighted by Gasteiger charge is 2.26. The molecule has 0 aromatic heterocycles. The lowest BCUT2D eigenvalue weighted by Gasteiger charge is -2.28. The van der Waals surface area contributed by atoms with Gasteiger partial charge in [0.15, 0.2) is 6.29 Å². The van der Waals surface area contributed by atoms with Crippen LogP contribution in [-0.2, 0) is 13.9 Å². The summed E-state index contributed by atoms with van der Waals surface area (Å²) in [5.41, 5.74) is 1.08. The maximum Gasteiger partial charge on any atom is 0.351 e. The molecule has 0 bridgehead atoms. The lowest BCUT2D eigenvalue weighted by molar-refractivity contribution is -0.449. The van der Waals surface area contributed by atoms with Crippen molar-refractivity contribution in [2.45, 2.75) is 25.4 Å². The fourth-order valence-electron chi connectivity index (χ4n) is 1.83. The van der Waals surface area contributed by atoms with Gasteiger partial charge in [-0.15, -0.1) is 0 Å². The van der Waals surface area contributed by atoms with Crippen molar-refractivity contribution in [3.8, 4) is 0 Å². The highest BCUT2D eigenvalue weighted by Crippen LogP contribution is 2.27. The zero-order valence-electron chi connectivity index (χ0n) is 10.8. The quantitative estimate of drug-likeness (QED) is 0.789. The van der Waals surface area contributed by atoms with Crippen molar-refractivity contribution in [2.24, 2.45) is 0 Å². The molecule has 2 rings (SSSR count). The van der Waals surface area contributed by atoms with Crippen molar-refractivity contribution in [1.82, 2.24) is 0 Å². The van der Waals surface area contributed by atoms with Gasteiger partial charge in [0, 0.05) is 12.5 Å². The largest absolute Gasteiger partial charge is 0.351 e. The second-order valence-electron chi connectivity index (χ2n) is 4.07. The Kier molecular flexibility index (Phi) is 5.23. The highest BCUT2D eigenvalue weighted by molar-refractivity contribution is 8.14. The Hall–Kier alpha value is -0.840. The number of hydrogen-bond acceptors (Lipinski definition) is 3. The molecule has 1 aliphatic heterocycles. The minimum atomic E-state index is -0.226. The van der Waals surface area contributed by atoms with Crippen molar-refractivity contribution >= 4 is 16.9 Å². The van der Waals surface area contributed by atoms with Gasteiger partial charge in [-0.25, -0.2) is 0 Å². The first-order chi connectivity index (χ1) is 8.79. The van der Waals surface area contributed by atoms with E-state index in [1.807, 2.05) is 44.2 Å². The molecule has 1 aliphatic rings. The average Bonchev–Trinajstić information content (AvgIpc) is 2.41. The van der Waals surface area contributed by atoms with E-state index >= 15 is 0 Å². The average molecular weight is 267 g/mol. The minimum absolute atomic E-state index is 0.226. The van der Waals surface area contributed by atoms with Crippen LogP contribution in [0.25, 0.3) is 0 Å². The van der Waals surface area contributed by atoms with Crippen LogP contribution in [0.5, 0.6) is 0 Å². The monoisotopic (exact) mass is 267 g/mol. The van der Waals surface area contributed by atoms with E-state index in [4.69, 9.17) is 13.9 Å². The van der Waals surface area contributed by atoms with E-state index in [9.17, 15) is 0 Å². The summed E-state index contributed by atoms with van der Waals surface area (Å²) >= 11 is 1.69. The Morgan fingerprint density at radius 2 is 1.94 bits per heavy atom. The molecule has 3 nitrogen and oxygen atoms in total. The number of ether oxygens (including phenoxy) is 2. The maximum absolute atomic E-state index is 5.74. The number of thioether (sulfide) groups is 1. The molecule has 0 aliphatic carbocycles. The maximum atomic E-state index is 5.74. The Bertz CT molecular complexity index is 383. The van der Waals surface area contributed by atoms with Gasteiger partial charge in [-0.2, -0.15) is 0 Å². The van der Waals surface area contributed by atoms with Gasteiger partial charge in [0.05, 0.1) is 25.4 Å². The highest BCUT2D eigenvalue weighted by atomic mass is 32.2. The van der Waals surface area contributed by atoms with E-state index in [1.54, 1.807) is 11.8 Å². The van der Waals surface area contributed by atoms with Gasteiger partial charge >= 0.3 is 5.12 Å². The van der Waals surface area contributed by atoms with Gasteiger partial charge in [-0.1, -0.05) is 30.3 Å². The second kappa shape index (κ2) is 6.92. The smallest absolute Gasteiger partial charge is 0.347 e. The van der Waals surface area contributed by atoms with Crippen LogP contribution in [0.4, 0.5) is 0 Å². The molecule has 18 heavy (non-hydrogen) atoms. The standard InChI is InChI=1S/C14H19O3S/c1-3-15-11(2)18-13-9-16-14(17-10-13)12-7-5-4-6-8-12/h4-8,13-14H,3,9-10H2,1-2H3/q+1. The predicted molar refractivity (Wildman–Crippen MR) is 73.7 cm³/mol. The molecule has 1 aromatic rings. The van der Waals surface area contributed by atoms with Crippen LogP contribution in [0.1, 0.15) is 25.7 Å².